The van der Waals surface area contributed by atoms with Crippen LogP contribution in [0.5, 0.6) is 0 Å². The quantitative estimate of drug-likeness (QED) is 0.752. The number of halogens is 1. The third kappa shape index (κ3) is 3.74. The molecular weight excluding hydrogens is 331 g/mol. The Balaban J connectivity index is 1.74. The average molecular weight is 352 g/mol. The van der Waals surface area contributed by atoms with Gasteiger partial charge in [0.2, 0.25) is 0 Å². The number of aromatic nitrogens is 2. The molecule has 1 amide bonds. The number of para-hydroxylation sites is 1. The second-order valence-electron chi connectivity index (χ2n) is 6.31. The van der Waals surface area contributed by atoms with E-state index in [0.717, 1.165) is 5.69 Å². The van der Waals surface area contributed by atoms with Crippen LogP contribution in [0.3, 0.4) is 0 Å². The molecule has 0 spiro atoms. The van der Waals surface area contributed by atoms with Gasteiger partial charge in [0.05, 0.1) is 11.4 Å². The predicted molar refractivity (Wildman–Crippen MR) is 101 cm³/mol. The highest BCUT2D eigenvalue weighted by Crippen LogP contribution is 2.23. The summed E-state index contributed by atoms with van der Waals surface area (Å²) in [4.78, 5) is 14.2. The van der Waals surface area contributed by atoms with Crippen molar-refractivity contribution in [2.75, 3.05) is 17.3 Å². The van der Waals surface area contributed by atoms with E-state index in [4.69, 9.17) is 0 Å². The number of carbonyl (C=O) groups is 1. The lowest BCUT2D eigenvalue weighted by molar-refractivity contribution is 0.102. The normalized spacial score (nSPS) is 10.8. The molecule has 2 aromatic carbocycles. The van der Waals surface area contributed by atoms with Crippen LogP contribution in [0, 0.1) is 5.82 Å². The van der Waals surface area contributed by atoms with E-state index in [-0.39, 0.29) is 23.5 Å². The number of nitrogens with one attached hydrogen (secondary N) is 1. The number of benzene rings is 2. The summed E-state index contributed by atoms with van der Waals surface area (Å²) in [5.74, 6) is -0.766. The molecule has 1 N–H and O–H groups in total. The van der Waals surface area contributed by atoms with Crippen molar-refractivity contribution in [2.24, 2.45) is 0 Å². The van der Waals surface area contributed by atoms with E-state index in [1.165, 1.54) is 6.07 Å². The van der Waals surface area contributed by atoms with Crippen molar-refractivity contribution >= 4 is 17.3 Å². The molecular formula is C20H21FN4O. The van der Waals surface area contributed by atoms with Crippen LogP contribution in [0.4, 0.5) is 15.8 Å². The molecule has 0 aliphatic rings. The number of carbonyl (C=O) groups excluding carboxylic acids is 1. The summed E-state index contributed by atoms with van der Waals surface area (Å²) in [6, 6.07) is 16.0. The molecule has 0 radical (unpaired) electrons. The number of amides is 1. The summed E-state index contributed by atoms with van der Waals surface area (Å²) in [5.41, 5.74) is 2.00. The lowest BCUT2D eigenvalue weighted by Gasteiger charge is -2.24. The van der Waals surface area contributed by atoms with Crippen molar-refractivity contribution in [3.63, 3.8) is 0 Å². The lowest BCUT2D eigenvalue weighted by atomic mass is 10.2. The highest BCUT2D eigenvalue weighted by Gasteiger charge is 2.14. The van der Waals surface area contributed by atoms with Crippen LogP contribution in [0.2, 0.25) is 0 Å². The minimum atomic E-state index is -0.385. The molecule has 0 saturated carbocycles. The Morgan fingerprint density at radius 2 is 1.88 bits per heavy atom. The van der Waals surface area contributed by atoms with E-state index in [1.54, 1.807) is 29.1 Å². The first-order valence-electron chi connectivity index (χ1n) is 8.40. The number of rotatable bonds is 5. The summed E-state index contributed by atoms with van der Waals surface area (Å²) in [6.07, 6.45) is 1.71. The standard InChI is InChI=1S/C20H21FN4O/c1-14(2)24(3)19-10-9-15(13-17(19)21)22-20(26)18-11-12-25(23-18)16-7-5-4-6-8-16/h4-14H,1-3H3,(H,22,26). The molecule has 134 valence electrons. The van der Waals surface area contributed by atoms with Gasteiger partial charge in [-0.25, -0.2) is 9.07 Å². The largest absolute Gasteiger partial charge is 0.370 e. The molecule has 0 unspecified atom stereocenters. The van der Waals surface area contributed by atoms with Crippen molar-refractivity contribution in [2.45, 2.75) is 19.9 Å². The smallest absolute Gasteiger partial charge is 0.276 e. The van der Waals surface area contributed by atoms with Crippen molar-refractivity contribution in [3.05, 3.63) is 72.3 Å². The van der Waals surface area contributed by atoms with Gasteiger partial charge in [-0.05, 0) is 50.2 Å². The first kappa shape index (κ1) is 17.7. The molecule has 0 aliphatic heterocycles. The van der Waals surface area contributed by atoms with E-state index in [2.05, 4.69) is 10.4 Å². The highest BCUT2D eigenvalue weighted by molar-refractivity contribution is 6.02. The fourth-order valence-electron chi connectivity index (χ4n) is 2.51. The summed E-state index contributed by atoms with van der Waals surface area (Å²) < 4.78 is 15.9. The zero-order valence-electron chi connectivity index (χ0n) is 15.0. The van der Waals surface area contributed by atoms with Crippen molar-refractivity contribution in [1.82, 2.24) is 9.78 Å². The Hall–Kier alpha value is -3.15. The van der Waals surface area contributed by atoms with Crippen molar-refractivity contribution < 1.29 is 9.18 Å². The second kappa shape index (κ2) is 7.39. The second-order valence-corrected chi connectivity index (χ2v) is 6.31. The van der Waals surface area contributed by atoms with Crippen molar-refractivity contribution in [3.8, 4) is 5.69 Å². The highest BCUT2D eigenvalue weighted by atomic mass is 19.1. The Kier molecular flexibility index (Phi) is 5.02. The van der Waals surface area contributed by atoms with Gasteiger partial charge in [0.25, 0.3) is 5.91 Å². The van der Waals surface area contributed by atoms with E-state index in [1.807, 2.05) is 56.1 Å². The molecule has 3 aromatic rings. The number of anilines is 2. The third-order valence-corrected chi connectivity index (χ3v) is 4.20. The Morgan fingerprint density at radius 1 is 1.15 bits per heavy atom. The molecule has 0 atom stereocenters. The number of hydrogen-bond acceptors (Lipinski definition) is 3. The van der Waals surface area contributed by atoms with Crippen LogP contribution in [0.1, 0.15) is 24.3 Å². The van der Waals surface area contributed by atoms with Crippen LogP contribution < -0.4 is 10.2 Å². The summed E-state index contributed by atoms with van der Waals surface area (Å²) in [6.45, 7) is 3.97. The van der Waals surface area contributed by atoms with Gasteiger partial charge in [-0.2, -0.15) is 5.10 Å². The SMILES string of the molecule is CC(C)N(C)c1ccc(NC(=O)c2ccn(-c3ccccc3)n2)cc1F. The van der Waals surface area contributed by atoms with E-state index in [9.17, 15) is 9.18 Å². The van der Waals surface area contributed by atoms with Gasteiger partial charge in [0.15, 0.2) is 5.69 Å². The van der Waals surface area contributed by atoms with E-state index >= 15 is 0 Å². The maximum absolute atomic E-state index is 14.3. The molecule has 1 heterocycles. The monoisotopic (exact) mass is 352 g/mol. The summed E-state index contributed by atoms with van der Waals surface area (Å²) in [7, 11) is 1.83. The van der Waals surface area contributed by atoms with Gasteiger partial charge >= 0.3 is 0 Å². The molecule has 0 bridgehead atoms. The molecule has 26 heavy (non-hydrogen) atoms. The van der Waals surface area contributed by atoms with Gasteiger partial charge < -0.3 is 10.2 Å². The Morgan fingerprint density at radius 3 is 2.54 bits per heavy atom. The molecule has 5 nitrogen and oxygen atoms in total. The van der Waals surface area contributed by atoms with Gasteiger partial charge in [-0.15, -0.1) is 0 Å². The first-order valence-corrected chi connectivity index (χ1v) is 8.40. The zero-order valence-corrected chi connectivity index (χ0v) is 15.0. The molecule has 1 aromatic heterocycles. The molecule has 0 saturated heterocycles. The third-order valence-electron chi connectivity index (χ3n) is 4.20. The topological polar surface area (TPSA) is 50.2 Å². The minimum Gasteiger partial charge on any atom is -0.370 e. The Labute approximate surface area is 152 Å². The molecule has 3 rings (SSSR count). The van der Waals surface area contributed by atoms with Gasteiger partial charge in [-0.3, -0.25) is 4.79 Å². The van der Waals surface area contributed by atoms with Crippen LogP contribution in [-0.4, -0.2) is 28.8 Å². The van der Waals surface area contributed by atoms with Crippen LogP contribution >= 0.6 is 0 Å². The zero-order chi connectivity index (χ0) is 18.7. The number of hydrogen-bond donors (Lipinski definition) is 1. The predicted octanol–water partition coefficient (Wildman–Crippen LogP) is 4.11. The fourth-order valence-corrected chi connectivity index (χ4v) is 2.51. The van der Waals surface area contributed by atoms with E-state index in [0.29, 0.717) is 11.4 Å². The van der Waals surface area contributed by atoms with Gasteiger partial charge in [0, 0.05) is 25.0 Å². The summed E-state index contributed by atoms with van der Waals surface area (Å²) in [5, 5.41) is 6.96. The maximum Gasteiger partial charge on any atom is 0.276 e. The summed E-state index contributed by atoms with van der Waals surface area (Å²) >= 11 is 0. The fraction of sp³-hybridized carbons (Fsp3) is 0.200. The lowest BCUT2D eigenvalue weighted by Crippen LogP contribution is -2.26. The number of nitrogens with zero attached hydrogens (tertiary/aromatic N) is 3. The van der Waals surface area contributed by atoms with Crippen LogP contribution in [-0.2, 0) is 0 Å². The van der Waals surface area contributed by atoms with Crippen LogP contribution in [0.15, 0.2) is 60.8 Å². The molecule has 0 fully saturated rings. The van der Waals surface area contributed by atoms with E-state index < -0.39 is 0 Å². The first-order chi connectivity index (χ1) is 12.5. The maximum atomic E-state index is 14.3. The van der Waals surface area contributed by atoms with Crippen LogP contribution in [0.25, 0.3) is 5.69 Å². The van der Waals surface area contributed by atoms with Gasteiger partial charge in [-0.1, -0.05) is 18.2 Å². The average Bonchev–Trinajstić information content (AvgIpc) is 3.12. The van der Waals surface area contributed by atoms with Crippen molar-refractivity contribution in [1.29, 1.82) is 0 Å². The molecule has 0 aliphatic carbocycles. The molecule has 6 heteroatoms. The van der Waals surface area contributed by atoms with Gasteiger partial charge in [0.1, 0.15) is 5.82 Å². The minimum absolute atomic E-state index is 0.173. The Bertz CT molecular complexity index is 905.